The molecule has 2 aliphatic rings. The molecule has 0 aliphatic carbocycles. The predicted molar refractivity (Wildman–Crippen MR) is 73.0 cm³/mol. The highest BCUT2D eigenvalue weighted by molar-refractivity contribution is 8.01. The van der Waals surface area contributed by atoms with Gasteiger partial charge in [-0.25, -0.2) is 4.79 Å². The van der Waals surface area contributed by atoms with Crippen molar-refractivity contribution in [3.8, 4) is 0 Å². The van der Waals surface area contributed by atoms with E-state index in [-0.39, 0.29) is 17.0 Å². The highest BCUT2D eigenvalue weighted by atomic mass is 32.2. The van der Waals surface area contributed by atoms with Crippen molar-refractivity contribution in [3.63, 3.8) is 0 Å². The molecule has 3 rings (SSSR count). The highest BCUT2D eigenvalue weighted by Gasteiger charge is 2.45. The second-order valence-electron chi connectivity index (χ2n) is 3.98. The van der Waals surface area contributed by atoms with E-state index in [0.29, 0.717) is 17.9 Å². The smallest absolute Gasteiger partial charge is 0.352 e. The van der Waals surface area contributed by atoms with Gasteiger partial charge in [0.2, 0.25) is 5.91 Å². The van der Waals surface area contributed by atoms with Crippen LogP contribution in [-0.4, -0.2) is 49.0 Å². The summed E-state index contributed by atoms with van der Waals surface area (Å²) < 4.78 is 0.805. The van der Waals surface area contributed by atoms with E-state index in [0.717, 1.165) is 9.91 Å². The van der Waals surface area contributed by atoms with Crippen LogP contribution in [0.5, 0.6) is 0 Å². The Labute approximate surface area is 121 Å². The van der Waals surface area contributed by atoms with Crippen LogP contribution in [0.3, 0.4) is 0 Å². The number of amides is 1. The van der Waals surface area contributed by atoms with Gasteiger partial charge in [0, 0.05) is 11.5 Å². The average Bonchev–Trinajstić information content (AvgIpc) is 2.88. The Morgan fingerprint density at radius 1 is 1.63 bits per heavy atom. The first kappa shape index (κ1) is 12.9. The number of carbonyl (C=O) groups is 2. The van der Waals surface area contributed by atoms with E-state index in [4.69, 9.17) is 0 Å². The summed E-state index contributed by atoms with van der Waals surface area (Å²) in [4.78, 5) is 24.3. The summed E-state index contributed by atoms with van der Waals surface area (Å²) in [5, 5.41) is 17.0. The Bertz CT molecular complexity index is 558. The lowest BCUT2D eigenvalue weighted by atomic mass is 10.1. The minimum Gasteiger partial charge on any atom is -0.477 e. The monoisotopic (exact) mass is 315 g/mol. The van der Waals surface area contributed by atoms with Crippen LogP contribution in [0.2, 0.25) is 0 Å². The molecule has 1 unspecified atom stereocenters. The van der Waals surface area contributed by atoms with E-state index in [2.05, 4.69) is 10.2 Å². The van der Waals surface area contributed by atoms with Crippen LogP contribution in [0.4, 0.5) is 0 Å². The average molecular weight is 315 g/mol. The zero-order valence-corrected chi connectivity index (χ0v) is 12.1. The number of nitrogens with zero attached hydrogens (tertiary/aromatic N) is 3. The van der Waals surface area contributed by atoms with E-state index >= 15 is 0 Å². The van der Waals surface area contributed by atoms with Crippen LogP contribution < -0.4 is 0 Å². The van der Waals surface area contributed by atoms with Crippen molar-refractivity contribution in [2.45, 2.75) is 16.1 Å². The number of aliphatic carboxylic acids is 1. The van der Waals surface area contributed by atoms with Gasteiger partial charge in [0.1, 0.15) is 11.2 Å². The lowest BCUT2D eigenvalue weighted by molar-refractivity contribution is -0.146. The Hall–Kier alpha value is -1.06. The highest BCUT2D eigenvalue weighted by Crippen LogP contribution is 2.41. The summed E-state index contributed by atoms with van der Waals surface area (Å²) in [5.41, 5.74) is 2.58. The number of rotatable bonds is 4. The second kappa shape index (κ2) is 5.14. The van der Waals surface area contributed by atoms with Crippen molar-refractivity contribution >= 4 is 46.7 Å². The van der Waals surface area contributed by atoms with Crippen LogP contribution in [0.15, 0.2) is 21.1 Å². The van der Waals surface area contributed by atoms with Gasteiger partial charge in [-0.1, -0.05) is 23.1 Å². The fourth-order valence-electron chi connectivity index (χ4n) is 1.96. The molecular weight excluding hydrogens is 306 g/mol. The number of hydrogen-bond donors (Lipinski definition) is 1. The SMILES string of the molecule is O=C(O)C1=C(CSc2nncs2)CSC2CC(=O)N12. The molecule has 1 fully saturated rings. The molecule has 1 aromatic heterocycles. The normalized spacial score (nSPS) is 22.2. The van der Waals surface area contributed by atoms with Crippen molar-refractivity contribution in [2.24, 2.45) is 0 Å². The first-order valence-corrected chi connectivity index (χ1v) is 8.36. The van der Waals surface area contributed by atoms with Crippen LogP contribution in [0.25, 0.3) is 0 Å². The third-order valence-electron chi connectivity index (χ3n) is 2.84. The fraction of sp³-hybridized carbons (Fsp3) is 0.400. The van der Waals surface area contributed by atoms with Gasteiger partial charge in [-0.3, -0.25) is 9.69 Å². The molecule has 1 atom stereocenters. The van der Waals surface area contributed by atoms with Gasteiger partial charge in [-0.05, 0) is 5.57 Å². The number of β-lactam (4-membered cyclic amide) rings is 1. The molecule has 100 valence electrons. The molecule has 9 heteroatoms. The van der Waals surface area contributed by atoms with E-state index in [1.165, 1.54) is 28.0 Å². The Morgan fingerprint density at radius 3 is 3.11 bits per heavy atom. The number of carboxylic acids is 1. The van der Waals surface area contributed by atoms with Gasteiger partial charge in [0.15, 0.2) is 4.34 Å². The van der Waals surface area contributed by atoms with Gasteiger partial charge in [-0.2, -0.15) is 0 Å². The van der Waals surface area contributed by atoms with E-state index in [1.54, 1.807) is 17.3 Å². The molecule has 1 amide bonds. The first-order chi connectivity index (χ1) is 9.16. The number of aromatic nitrogens is 2. The maximum absolute atomic E-state index is 11.5. The zero-order chi connectivity index (χ0) is 13.4. The molecule has 0 radical (unpaired) electrons. The van der Waals surface area contributed by atoms with E-state index in [1.807, 2.05) is 0 Å². The van der Waals surface area contributed by atoms with Crippen molar-refractivity contribution in [3.05, 3.63) is 16.8 Å². The topological polar surface area (TPSA) is 83.4 Å². The summed E-state index contributed by atoms with van der Waals surface area (Å²) >= 11 is 4.50. The molecule has 6 nitrogen and oxygen atoms in total. The molecule has 0 bridgehead atoms. The Morgan fingerprint density at radius 2 is 2.47 bits per heavy atom. The van der Waals surface area contributed by atoms with Gasteiger partial charge < -0.3 is 5.11 Å². The van der Waals surface area contributed by atoms with Crippen molar-refractivity contribution in [1.29, 1.82) is 0 Å². The lowest BCUT2D eigenvalue weighted by Crippen LogP contribution is -2.54. The number of fused-ring (bicyclic) bond motifs is 1. The Balaban J connectivity index is 1.81. The first-order valence-electron chi connectivity index (χ1n) is 5.44. The maximum atomic E-state index is 11.5. The molecule has 1 N–H and O–H groups in total. The second-order valence-corrected chi connectivity index (χ2v) is 7.21. The summed E-state index contributed by atoms with van der Waals surface area (Å²) in [7, 11) is 0. The summed E-state index contributed by atoms with van der Waals surface area (Å²) in [6, 6.07) is 0. The third-order valence-corrected chi connectivity index (χ3v) is 6.07. The molecule has 1 aromatic rings. The van der Waals surface area contributed by atoms with Crippen LogP contribution in [0, 0.1) is 0 Å². The minimum atomic E-state index is -1.02. The quantitative estimate of drug-likeness (QED) is 0.662. The zero-order valence-electron chi connectivity index (χ0n) is 9.61. The number of carbonyl (C=O) groups excluding carboxylic acids is 1. The van der Waals surface area contributed by atoms with Gasteiger partial charge in [0.05, 0.1) is 11.8 Å². The molecule has 19 heavy (non-hydrogen) atoms. The summed E-state index contributed by atoms with van der Waals surface area (Å²) in [6.07, 6.45) is 0.443. The number of thioether (sulfide) groups is 2. The molecular formula is C10H9N3O3S3. The van der Waals surface area contributed by atoms with Crippen molar-refractivity contribution in [1.82, 2.24) is 15.1 Å². The Kier molecular flexibility index (Phi) is 3.50. The third kappa shape index (κ3) is 2.37. The van der Waals surface area contributed by atoms with Gasteiger partial charge in [-0.15, -0.1) is 22.0 Å². The van der Waals surface area contributed by atoms with Crippen LogP contribution >= 0.6 is 34.9 Å². The predicted octanol–water partition coefficient (Wildman–Crippen LogP) is 1.27. The molecule has 0 saturated carbocycles. The lowest BCUT2D eigenvalue weighted by Gasteiger charge is -2.43. The number of carboxylic acid groups (broad SMARTS) is 1. The van der Waals surface area contributed by atoms with Crippen molar-refractivity contribution in [2.75, 3.05) is 11.5 Å². The maximum Gasteiger partial charge on any atom is 0.352 e. The standard InChI is InChI=1S/C10H9N3O3S3/c14-6-1-7-13(6)8(9(15)16)5(2-17-7)3-18-10-12-11-4-19-10/h4,7H,1-3H2,(H,15,16). The largest absolute Gasteiger partial charge is 0.477 e. The molecule has 3 heterocycles. The molecule has 1 saturated heterocycles. The molecule has 0 spiro atoms. The van der Waals surface area contributed by atoms with E-state index < -0.39 is 5.97 Å². The summed E-state index contributed by atoms with van der Waals surface area (Å²) in [6.45, 7) is 0. The fourth-order valence-corrected chi connectivity index (χ4v) is 4.86. The van der Waals surface area contributed by atoms with Gasteiger partial charge >= 0.3 is 5.97 Å². The molecule has 0 aromatic carbocycles. The van der Waals surface area contributed by atoms with Gasteiger partial charge in [0.25, 0.3) is 0 Å². The van der Waals surface area contributed by atoms with Crippen molar-refractivity contribution < 1.29 is 14.7 Å². The molecule has 2 aliphatic heterocycles. The van der Waals surface area contributed by atoms with Crippen LogP contribution in [0.1, 0.15) is 6.42 Å². The number of hydrogen-bond acceptors (Lipinski definition) is 7. The van der Waals surface area contributed by atoms with E-state index in [9.17, 15) is 14.7 Å². The van der Waals surface area contributed by atoms with Crippen LogP contribution in [-0.2, 0) is 9.59 Å². The minimum absolute atomic E-state index is 0.00822. The summed E-state index contributed by atoms with van der Waals surface area (Å²) in [5.74, 6) is 0.0570.